The molecular formula is C32H56N5O10P. The molecule has 0 saturated heterocycles. The van der Waals surface area contributed by atoms with Gasteiger partial charge in [0.25, 0.3) is 0 Å². The van der Waals surface area contributed by atoms with Crippen molar-refractivity contribution in [3.05, 3.63) is 0 Å². The predicted octanol–water partition coefficient (Wildman–Crippen LogP) is 2.29. The summed E-state index contributed by atoms with van der Waals surface area (Å²) in [6.07, 6.45) is 1.04. The van der Waals surface area contributed by atoms with Crippen LogP contribution in [0.3, 0.4) is 0 Å². The zero-order valence-corrected chi connectivity index (χ0v) is 30.5. The SMILES string of the molecule is CCCC(=O)N(CCNP(=O)(O)N(CCC(=O)N(CCC(C)=O)CCC(C)=O)CCC(=O)N(CCC(C)=O)CCC(C)=O)C(=O)CCC. The van der Waals surface area contributed by atoms with Gasteiger partial charge < -0.3 is 14.7 Å². The van der Waals surface area contributed by atoms with E-state index in [9.17, 15) is 47.8 Å². The van der Waals surface area contributed by atoms with Gasteiger partial charge in [-0.3, -0.25) is 47.8 Å². The Hall–Kier alpha value is -3.13. The van der Waals surface area contributed by atoms with Gasteiger partial charge in [0, 0.05) is 104 Å². The van der Waals surface area contributed by atoms with Crippen LogP contribution < -0.4 is 5.09 Å². The summed E-state index contributed by atoms with van der Waals surface area (Å²) in [6.45, 7) is 8.44. The minimum atomic E-state index is -4.47. The van der Waals surface area contributed by atoms with Gasteiger partial charge in [0.2, 0.25) is 23.6 Å². The Balaban J connectivity index is 6.03. The monoisotopic (exact) mass is 701 g/mol. The van der Waals surface area contributed by atoms with E-state index in [2.05, 4.69) is 5.09 Å². The first kappa shape index (κ1) is 44.9. The van der Waals surface area contributed by atoms with Crippen molar-refractivity contribution >= 4 is 54.4 Å². The molecule has 0 rings (SSSR count). The second kappa shape index (κ2) is 24.1. The largest absolute Gasteiger partial charge is 0.342 e. The number of hydrogen-bond donors (Lipinski definition) is 2. The molecular weight excluding hydrogens is 645 g/mol. The lowest BCUT2D eigenvalue weighted by Crippen LogP contribution is -2.42. The third-order valence-corrected chi connectivity index (χ3v) is 9.18. The highest BCUT2D eigenvalue weighted by molar-refractivity contribution is 7.53. The van der Waals surface area contributed by atoms with Gasteiger partial charge in [0.05, 0.1) is 0 Å². The van der Waals surface area contributed by atoms with Crippen LogP contribution in [0.5, 0.6) is 0 Å². The molecule has 2 N–H and O–H groups in total. The number of amides is 4. The lowest BCUT2D eigenvalue weighted by atomic mass is 10.2. The van der Waals surface area contributed by atoms with Gasteiger partial charge in [0.1, 0.15) is 23.1 Å². The van der Waals surface area contributed by atoms with Crippen molar-refractivity contribution in [1.82, 2.24) is 24.5 Å². The van der Waals surface area contributed by atoms with Crippen LogP contribution in [0.4, 0.5) is 0 Å². The van der Waals surface area contributed by atoms with Crippen LogP contribution in [0.1, 0.15) is 106 Å². The number of nitrogens with one attached hydrogen (secondary N) is 1. The molecule has 15 nitrogen and oxygen atoms in total. The highest BCUT2D eigenvalue weighted by atomic mass is 31.2. The van der Waals surface area contributed by atoms with Crippen molar-refractivity contribution in [2.24, 2.45) is 0 Å². The maximum Gasteiger partial charge on any atom is 0.340 e. The molecule has 0 fully saturated rings. The van der Waals surface area contributed by atoms with E-state index in [1.54, 1.807) is 13.8 Å². The molecule has 0 aromatic carbocycles. The Morgan fingerprint density at radius 2 is 0.833 bits per heavy atom. The highest BCUT2D eigenvalue weighted by Crippen LogP contribution is 2.40. The first-order chi connectivity index (χ1) is 22.4. The minimum absolute atomic E-state index is 0.0717. The van der Waals surface area contributed by atoms with Gasteiger partial charge in [-0.15, -0.1) is 0 Å². The Bertz CT molecular complexity index is 1070. The third kappa shape index (κ3) is 19.6. The van der Waals surface area contributed by atoms with Crippen LogP contribution in [0.2, 0.25) is 0 Å². The molecule has 0 radical (unpaired) electrons. The van der Waals surface area contributed by atoms with Gasteiger partial charge in [-0.05, 0) is 40.5 Å². The predicted molar refractivity (Wildman–Crippen MR) is 180 cm³/mol. The minimum Gasteiger partial charge on any atom is -0.342 e. The average Bonchev–Trinajstić information content (AvgIpc) is 2.98. The molecule has 0 aliphatic heterocycles. The molecule has 1 atom stereocenters. The molecule has 4 amide bonds. The molecule has 0 spiro atoms. The van der Waals surface area contributed by atoms with Gasteiger partial charge in [-0.1, -0.05) is 13.8 Å². The molecule has 0 bridgehead atoms. The summed E-state index contributed by atoms with van der Waals surface area (Å²) < 4.78 is 14.7. The Morgan fingerprint density at radius 1 is 0.500 bits per heavy atom. The van der Waals surface area contributed by atoms with E-state index in [0.717, 1.165) is 9.57 Å². The van der Waals surface area contributed by atoms with E-state index in [1.165, 1.54) is 37.5 Å². The number of hydrogen-bond acceptors (Lipinski definition) is 9. The number of nitrogens with zero attached hydrogens (tertiary/aromatic N) is 4. The molecule has 1 unspecified atom stereocenters. The molecule has 0 aromatic heterocycles. The van der Waals surface area contributed by atoms with Crippen molar-refractivity contribution in [3.63, 3.8) is 0 Å². The van der Waals surface area contributed by atoms with Crippen LogP contribution in [0, 0.1) is 0 Å². The van der Waals surface area contributed by atoms with E-state index in [4.69, 9.17) is 0 Å². The fourth-order valence-electron chi connectivity index (χ4n) is 4.53. The van der Waals surface area contributed by atoms with Crippen molar-refractivity contribution < 1.29 is 47.8 Å². The van der Waals surface area contributed by atoms with Crippen molar-refractivity contribution in [2.45, 2.75) is 106 Å². The zero-order valence-electron chi connectivity index (χ0n) is 29.6. The fraction of sp³-hybridized carbons (Fsp3) is 0.750. The summed E-state index contributed by atoms with van der Waals surface area (Å²) in [5.74, 6) is -2.31. The first-order valence-electron chi connectivity index (χ1n) is 16.6. The second-order valence-electron chi connectivity index (χ2n) is 11.9. The molecule has 0 aromatic rings. The number of imide groups is 1. The number of rotatable bonds is 27. The number of Topliss-reactive ketones (excluding diaryl/α,β-unsaturated/α-hetero) is 4. The molecule has 274 valence electrons. The Morgan fingerprint density at radius 3 is 1.12 bits per heavy atom. The zero-order chi connectivity index (χ0) is 36.9. The number of ketones is 4. The standard InChI is InChI=1S/C32H56N5O10P/c1-7-9-31(44)37(32(45)10-8-2)24-17-33-48(46,47)36(22-15-29(42)34(18-11-25(3)38)19-12-26(4)39)23-16-30(43)35(20-13-27(5)40)21-14-28(6)41/h7-24H2,1-6H3,(H2,33,46,47). The van der Waals surface area contributed by atoms with Crippen LogP contribution in [0.15, 0.2) is 0 Å². The van der Waals surface area contributed by atoms with E-state index in [0.29, 0.717) is 12.8 Å². The summed E-state index contributed by atoms with van der Waals surface area (Å²) in [6, 6.07) is 0. The number of carbonyl (C=O) groups excluding carboxylic acids is 8. The molecule has 0 aliphatic rings. The van der Waals surface area contributed by atoms with Crippen molar-refractivity contribution in [3.8, 4) is 0 Å². The lowest BCUT2D eigenvalue weighted by Gasteiger charge is -2.30. The fourth-order valence-corrected chi connectivity index (χ4v) is 5.87. The molecule has 48 heavy (non-hydrogen) atoms. The van der Waals surface area contributed by atoms with Gasteiger partial charge in [0.15, 0.2) is 0 Å². The number of carbonyl (C=O) groups is 8. The van der Waals surface area contributed by atoms with Crippen LogP contribution in [-0.2, 0) is 42.9 Å². The van der Waals surface area contributed by atoms with Gasteiger partial charge >= 0.3 is 7.67 Å². The maximum atomic E-state index is 13.7. The van der Waals surface area contributed by atoms with Crippen LogP contribution in [0.25, 0.3) is 0 Å². The van der Waals surface area contributed by atoms with E-state index < -0.39 is 31.3 Å². The van der Waals surface area contributed by atoms with E-state index >= 15 is 0 Å². The van der Waals surface area contributed by atoms with Crippen molar-refractivity contribution in [1.29, 1.82) is 0 Å². The summed E-state index contributed by atoms with van der Waals surface area (Å²) >= 11 is 0. The first-order valence-corrected chi connectivity index (χ1v) is 18.3. The van der Waals surface area contributed by atoms with E-state index in [1.807, 2.05) is 0 Å². The smallest absolute Gasteiger partial charge is 0.340 e. The lowest BCUT2D eigenvalue weighted by molar-refractivity contribution is -0.145. The molecule has 0 saturated carbocycles. The quantitative estimate of drug-likeness (QED) is 0.119. The highest BCUT2D eigenvalue weighted by Gasteiger charge is 2.31. The van der Waals surface area contributed by atoms with E-state index in [-0.39, 0.29) is 127 Å². The van der Waals surface area contributed by atoms with Gasteiger partial charge in [-0.2, -0.15) is 0 Å². The van der Waals surface area contributed by atoms with Crippen LogP contribution >= 0.6 is 7.67 Å². The average molecular weight is 702 g/mol. The Labute approximate surface area is 284 Å². The Kier molecular flexibility index (Phi) is 22.5. The molecule has 0 aliphatic carbocycles. The topological polar surface area (TPSA) is 199 Å². The van der Waals surface area contributed by atoms with Crippen LogP contribution in [-0.4, -0.2) is 123 Å². The molecule has 16 heteroatoms. The molecule has 0 heterocycles. The van der Waals surface area contributed by atoms with Crippen molar-refractivity contribution in [2.75, 3.05) is 52.4 Å². The summed E-state index contributed by atoms with van der Waals surface area (Å²) in [5.41, 5.74) is 0. The summed E-state index contributed by atoms with van der Waals surface area (Å²) in [7, 11) is -4.47. The second-order valence-corrected chi connectivity index (χ2v) is 13.9. The normalized spacial score (nSPS) is 12.2. The third-order valence-electron chi connectivity index (χ3n) is 7.37. The maximum absolute atomic E-state index is 13.7. The summed E-state index contributed by atoms with van der Waals surface area (Å²) in [5, 5.41) is 2.51. The van der Waals surface area contributed by atoms with Gasteiger partial charge in [-0.25, -0.2) is 9.76 Å². The summed E-state index contributed by atoms with van der Waals surface area (Å²) in [4.78, 5) is 113.